The second-order valence-corrected chi connectivity index (χ2v) is 9.41. The second kappa shape index (κ2) is 15.2. The highest BCUT2D eigenvalue weighted by Gasteiger charge is 2.11. The highest BCUT2D eigenvalue weighted by Crippen LogP contribution is 2.24. The minimum Gasteiger partial charge on any atom is -0.494 e. The van der Waals surface area contributed by atoms with Crippen LogP contribution >= 0.6 is 0 Å². The van der Waals surface area contributed by atoms with Crippen LogP contribution in [-0.4, -0.2) is 31.3 Å². The van der Waals surface area contributed by atoms with Gasteiger partial charge in [-0.1, -0.05) is 36.4 Å². The van der Waals surface area contributed by atoms with Gasteiger partial charge in [-0.05, 0) is 83.8 Å². The van der Waals surface area contributed by atoms with E-state index in [2.05, 4.69) is 6.07 Å². The van der Waals surface area contributed by atoms with Gasteiger partial charge in [0.1, 0.15) is 11.5 Å². The van der Waals surface area contributed by atoms with E-state index >= 15 is 0 Å². The van der Waals surface area contributed by atoms with Gasteiger partial charge in [0.2, 0.25) is 6.79 Å². The second-order valence-electron chi connectivity index (χ2n) is 9.41. The van der Waals surface area contributed by atoms with Crippen LogP contribution < -0.4 is 20.9 Å². The molecule has 0 aliphatic carbocycles. The van der Waals surface area contributed by atoms with Gasteiger partial charge in [-0.25, -0.2) is 14.4 Å². The van der Waals surface area contributed by atoms with Crippen LogP contribution in [0.4, 0.5) is 11.4 Å². The lowest BCUT2D eigenvalue weighted by Crippen LogP contribution is -2.12. The molecule has 4 aromatic rings. The summed E-state index contributed by atoms with van der Waals surface area (Å²) in [6, 6.07) is 27.5. The monoisotopic (exact) mass is 591 g/mol. The molecule has 10 nitrogen and oxygen atoms in total. The minimum absolute atomic E-state index is 0.143. The number of anilines is 2. The SMILES string of the molecule is N#CCCCOc1ccc(-c2ccc(C(=O)Oc3ccc(/C=C/C(=O)OCOC(=O)c4cc(N)cc(N)c4)cc3)cc2)cc1. The zero-order valence-electron chi connectivity index (χ0n) is 23.6. The molecule has 0 saturated heterocycles. The Morgan fingerprint density at radius 2 is 1.34 bits per heavy atom. The summed E-state index contributed by atoms with van der Waals surface area (Å²) in [7, 11) is 0. The molecular formula is C34H29N3O7. The first-order chi connectivity index (χ1) is 21.3. The molecule has 0 heterocycles. The number of unbranched alkanes of at least 4 members (excludes halogenated alkanes) is 1. The first-order valence-electron chi connectivity index (χ1n) is 13.5. The van der Waals surface area contributed by atoms with E-state index in [1.807, 2.05) is 36.4 Å². The van der Waals surface area contributed by atoms with Crippen molar-refractivity contribution in [1.82, 2.24) is 0 Å². The van der Waals surface area contributed by atoms with Gasteiger partial charge >= 0.3 is 17.9 Å². The summed E-state index contributed by atoms with van der Waals surface area (Å²) in [5.74, 6) is -0.908. The fraction of sp³-hybridized carbons (Fsp3) is 0.118. The maximum absolute atomic E-state index is 12.6. The average molecular weight is 592 g/mol. The lowest BCUT2D eigenvalue weighted by molar-refractivity contribution is -0.146. The van der Waals surface area contributed by atoms with Crippen LogP contribution in [0.1, 0.15) is 39.1 Å². The number of ether oxygens (including phenoxy) is 4. The summed E-state index contributed by atoms with van der Waals surface area (Å²) < 4.78 is 20.9. The molecule has 44 heavy (non-hydrogen) atoms. The number of nitrogens with zero attached hydrogens (tertiary/aromatic N) is 1. The highest BCUT2D eigenvalue weighted by molar-refractivity contribution is 5.92. The van der Waals surface area contributed by atoms with Gasteiger partial charge in [0.15, 0.2) is 0 Å². The lowest BCUT2D eigenvalue weighted by atomic mass is 10.0. The van der Waals surface area contributed by atoms with E-state index in [1.54, 1.807) is 36.4 Å². The van der Waals surface area contributed by atoms with Crippen LogP contribution in [0.25, 0.3) is 17.2 Å². The Kier molecular flexibility index (Phi) is 10.7. The van der Waals surface area contributed by atoms with Crippen molar-refractivity contribution >= 4 is 35.4 Å². The quantitative estimate of drug-likeness (QED) is 0.0514. The average Bonchev–Trinajstić information content (AvgIpc) is 3.02. The number of hydrogen-bond acceptors (Lipinski definition) is 10. The summed E-state index contributed by atoms with van der Waals surface area (Å²) in [5, 5.41) is 8.60. The van der Waals surface area contributed by atoms with Gasteiger partial charge in [0.05, 0.1) is 23.8 Å². The summed E-state index contributed by atoms with van der Waals surface area (Å²) in [6.07, 6.45) is 3.81. The van der Waals surface area contributed by atoms with Gasteiger partial charge in [-0.15, -0.1) is 0 Å². The van der Waals surface area contributed by atoms with E-state index in [-0.39, 0.29) is 5.56 Å². The summed E-state index contributed by atoms with van der Waals surface area (Å²) in [5.41, 5.74) is 15.0. The predicted molar refractivity (Wildman–Crippen MR) is 164 cm³/mol. The molecular weight excluding hydrogens is 562 g/mol. The predicted octanol–water partition coefficient (Wildman–Crippen LogP) is 5.79. The molecule has 10 heteroatoms. The molecule has 0 aromatic heterocycles. The van der Waals surface area contributed by atoms with Crippen molar-refractivity contribution in [2.24, 2.45) is 0 Å². The Labute approximate surface area is 254 Å². The van der Waals surface area contributed by atoms with E-state index in [0.717, 1.165) is 16.9 Å². The first kappa shape index (κ1) is 30.9. The van der Waals surface area contributed by atoms with E-state index in [9.17, 15) is 14.4 Å². The van der Waals surface area contributed by atoms with E-state index in [4.69, 9.17) is 35.7 Å². The molecule has 0 atom stereocenters. The third kappa shape index (κ3) is 9.22. The number of nitrogen functional groups attached to an aromatic ring is 2. The number of rotatable bonds is 12. The zero-order chi connectivity index (χ0) is 31.3. The Bertz CT molecular complexity index is 1650. The van der Waals surface area contributed by atoms with E-state index in [1.165, 1.54) is 30.4 Å². The molecule has 0 spiro atoms. The van der Waals surface area contributed by atoms with Crippen molar-refractivity contribution in [3.05, 3.63) is 114 Å². The maximum Gasteiger partial charge on any atom is 0.343 e. The number of carbonyl (C=O) groups excluding carboxylic acids is 3. The summed E-state index contributed by atoms with van der Waals surface area (Å²) in [4.78, 5) is 36.7. The smallest absolute Gasteiger partial charge is 0.343 e. The zero-order valence-corrected chi connectivity index (χ0v) is 23.6. The Morgan fingerprint density at radius 3 is 1.98 bits per heavy atom. The number of hydrogen-bond donors (Lipinski definition) is 2. The molecule has 4 aromatic carbocycles. The van der Waals surface area contributed by atoms with Crippen molar-refractivity contribution in [2.75, 3.05) is 24.9 Å². The molecule has 0 aliphatic rings. The minimum atomic E-state index is -0.733. The standard InChI is InChI=1S/C34H29N3O7/c35-17-1-2-18-41-30-14-10-25(11-15-30)24-6-8-26(9-7-24)34(40)44-31-12-3-23(4-13-31)5-16-32(38)42-22-43-33(39)27-19-28(36)21-29(37)20-27/h3-16,19-21H,1-2,18,22,36-37H2/b16-5+. The first-order valence-corrected chi connectivity index (χ1v) is 13.5. The highest BCUT2D eigenvalue weighted by atomic mass is 16.7. The van der Waals surface area contributed by atoms with Crippen LogP contribution in [-0.2, 0) is 14.3 Å². The lowest BCUT2D eigenvalue weighted by Gasteiger charge is -2.08. The van der Waals surface area contributed by atoms with Crippen LogP contribution in [0.2, 0.25) is 0 Å². The third-order valence-corrected chi connectivity index (χ3v) is 6.12. The van der Waals surface area contributed by atoms with Crippen molar-refractivity contribution in [2.45, 2.75) is 12.8 Å². The van der Waals surface area contributed by atoms with Crippen LogP contribution in [0, 0.1) is 11.3 Å². The van der Waals surface area contributed by atoms with E-state index in [0.29, 0.717) is 47.7 Å². The van der Waals surface area contributed by atoms with Crippen molar-refractivity contribution in [3.63, 3.8) is 0 Å². The van der Waals surface area contributed by atoms with Gasteiger partial charge in [-0.3, -0.25) is 0 Å². The molecule has 0 aliphatic heterocycles. The summed E-state index contributed by atoms with van der Waals surface area (Å²) >= 11 is 0. The van der Waals surface area contributed by atoms with Gasteiger partial charge in [0.25, 0.3) is 0 Å². The number of nitrogens with two attached hydrogens (primary N) is 2. The number of nitriles is 1. The Hall–Kier alpha value is -6.08. The fourth-order valence-corrected chi connectivity index (χ4v) is 3.93. The third-order valence-electron chi connectivity index (χ3n) is 6.12. The van der Waals surface area contributed by atoms with Crippen LogP contribution in [0.3, 0.4) is 0 Å². The molecule has 4 rings (SSSR count). The number of carbonyl (C=O) groups is 3. The topological polar surface area (TPSA) is 164 Å². The fourth-order valence-electron chi connectivity index (χ4n) is 3.93. The largest absolute Gasteiger partial charge is 0.494 e. The molecule has 0 radical (unpaired) electrons. The van der Waals surface area contributed by atoms with Crippen molar-refractivity contribution < 1.29 is 33.3 Å². The normalized spacial score (nSPS) is 10.5. The van der Waals surface area contributed by atoms with Crippen molar-refractivity contribution in [1.29, 1.82) is 5.26 Å². The van der Waals surface area contributed by atoms with Gasteiger partial charge < -0.3 is 30.4 Å². The van der Waals surface area contributed by atoms with Gasteiger partial charge in [-0.2, -0.15) is 5.26 Å². The molecule has 222 valence electrons. The molecule has 0 saturated carbocycles. The molecule has 0 fully saturated rings. The molecule has 0 bridgehead atoms. The molecule has 0 amide bonds. The number of benzene rings is 4. The van der Waals surface area contributed by atoms with Crippen molar-refractivity contribution in [3.8, 4) is 28.7 Å². The summed E-state index contributed by atoms with van der Waals surface area (Å²) in [6.45, 7) is -0.0968. The maximum atomic E-state index is 12.6. The molecule has 0 unspecified atom stereocenters. The Balaban J connectivity index is 1.22. The van der Waals surface area contributed by atoms with Crippen LogP contribution in [0.5, 0.6) is 11.5 Å². The number of esters is 3. The Morgan fingerprint density at radius 1 is 0.727 bits per heavy atom. The van der Waals surface area contributed by atoms with E-state index < -0.39 is 24.7 Å². The molecule has 4 N–H and O–H groups in total. The van der Waals surface area contributed by atoms with Crippen LogP contribution in [0.15, 0.2) is 97.1 Å². The van der Waals surface area contributed by atoms with Gasteiger partial charge in [0, 0.05) is 23.9 Å².